The number of fused-ring (bicyclic) bond motifs is 1. The van der Waals surface area contributed by atoms with Gasteiger partial charge in [-0.2, -0.15) is 26.3 Å². The molecule has 16 heteroatoms. The molecule has 0 radical (unpaired) electrons. The van der Waals surface area contributed by atoms with E-state index in [9.17, 15) is 31.1 Å². The Morgan fingerprint density at radius 1 is 1.00 bits per heavy atom. The van der Waals surface area contributed by atoms with Crippen molar-refractivity contribution in [3.05, 3.63) is 36.0 Å². The van der Waals surface area contributed by atoms with Gasteiger partial charge in [-0.05, 0) is 51.2 Å². The molecular formula is C26H34F6N4O6. The van der Waals surface area contributed by atoms with Crippen LogP contribution >= 0.6 is 0 Å². The van der Waals surface area contributed by atoms with Crippen LogP contribution in [0.15, 0.2) is 30.5 Å². The van der Waals surface area contributed by atoms with Gasteiger partial charge in [0.1, 0.15) is 0 Å². The normalized spacial score (nSPS) is 19.9. The van der Waals surface area contributed by atoms with Crippen molar-refractivity contribution < 1.29 is 55.7 Å². The number of likely N-dealkylation sites (tertiary alicyclic amines) is 1. The van der Waals surface area contributed by atoms with Crippen LogP contribution in [0.5, 0.6) is 0 Å². The molecule has 0 aliphatic carbocycles. The lowest BCUT2D eigenvalue weighted by molar-refractivity contribution is -0.193. The maximum atomic E-state index is 13.2. The van der Waals surface area contributed by atoms with Gasteiger partial charge in [0.05, 0.1) is 13.2 Å². The van der Waals surface area contributed by atoms with Crippen LogP contribution in [0.4, 0.5) is 26.3 Å². The first-order valence-electron chi connectivity index (χ1n) is 12.8. The minimum absolute atomic E-state index is 0.0505. The smallest absolute Gasteiger partial charge is 0.475 e. The second-order valence-electron chi connectivity index (χ2n) is 10.3. The monoisotopic (exact) mass is 612 g/mol. The number of carboxylic acid groups (broad SMARTS) is 2. The quantitative estimate of drug-likeness (QED) is 0.448. The van der Waals surface area contributed by atoms with Crippen LogP contribution < -0.4 is 0 Å². The number of H-pyrrole nitrogens is 1. The van der Waals surface area contributed by atoms with Crippen molar-refractivity contribution in [3.8, 4) is 0 Å². The predicted octanol–water partition coefficient (Wildman–Crippen LogP) is 3.55. The topological polar surface area (TPSA) is 126 Å². The number of ether oxygens (including phenoxy) is 1. The maximum Gasteiger partial charge on any atom is 0.490 e. The Kier molecular flexibility index (Phi) is 12.2. The first kappa shape index (κ1) is 34.8. The van der Waals surface area contributed by atoms with E-state index in [1.807, 2.05) is 30.5 Å². The van der Waals surface area contributed by atoms with Gasteiger partial charge >= 0.3 is 24.3 Å². The molecule has 1 unspecified atom stereocenters. The van der Waals surface area contributed by atoms with Crippen LogP contribution in [0.25, 0.3) is 10.9 Å². The van der Waals surface area contributed by atoms with Crippen LogP contribution in [0, 0.1) is 5.41 Å². The standard InChI is InChI=1S/C22H32N4O2.2C2HF3O2/c1-24(2)10-11-25-12-13-28-17-22(15-25)7-3-9-26(16-22)21(27)19-4-5-20-18(14-19)6-8-23-20;2*3-2(4,5)1(6)7/h4-6,8,14,23H,3,7,9-13,15-17H2,1-2H3;2*(H,6,7). The molecule has 4 rings (SSSR count). The number of hydrogen-bond acceptors (Lipinski definition) is 6. The van der Waals surface area contributed by atoms with Gasteiger partial charge in [-0.1, -0.05) is 0 Å². The van der Waals surface area contributed by atoms with Gasteiger partial charge in [0.2, 0.25) is 0 Å². The zero-order chi connectivity index (χ0) is 31.7. The van der Waals surface area contributed by atoms with Crippen molar-refractivity contribution in [3.63, 3.8) is 0 Å². The van der Waals surface area contributed by atoms with E-state index in [0.29, 0.717) is 0 Å². The SMILES string of the molecule is CN(C)CCN1CCOCC2(CCCN(C(=O)c3ccc4[nH]ccc4c3)C2)C1.O=C(O)C(F)(F)F.O=C(O)C(F)(F)F. The van der Waals surface area contributed by atoms with Crippen LogP contribution in [0.1, 0.15) is 23.2 Å². The van der Waals surface area contributed by atoms with Crippen molar-refractivity contribution >= 4 is 28.7 Å². The van der Waals surface area contributed by atoms with Crippen LogP contribution in [0.2, 0.25) is 0 Å². The highest BCUT2D eigenvalue weighted by Crippen LogP contribution is 2.34. The molecule has 3 N–H and O–H groups in total. The fourth-order valence-electron chi connectivity index (χ4n) is 4.61. The summed E-state index contributed by atoms with van der Waals surface area (Å²) in [7, 11) is 4.23. The molecule has 2 saturated heterocycles. The number of carbonyl (C=O) groups excluding carboxylic acids is 1. The fourth-order valence-corrected chi connectivity index (χ4v) is 4.61. The number of hydrogen-bond donors (Lipinski definition) is 3. The summed E-state index contributed by atoms with van der Waals surface area (Å²) in [6.07, 6.45) is -6.07. The van der Waals surface area contributed by atoms with Crippen molar-refractivity contribution in [2.24, 2.45) is 5.41 Å². The molecule has 1 amide bonds. The molecule has 2 aliphatic rings. The van der Waals surface area contributed by atoms with E-state index < -0.39 is 24.3 Å². The zero-order valence-corrected chi connectivity index (χ0v) is 23.1. The van der Waals surface area contributed by atoms with Gasteiger partial charge in [0, 0.05) is 67.3 Å². The molecule has 2 aliphatic heterocycles. The summed E-state index contributed by atoms with van der Waals surface area (Å²) >= 11 is 0. The van der Waals surface area contributed by atoms with Crippen molar-refractivity contribution in [2.75, 3.05) is 66.6 Å². The lowest BCUT2D eigenvalue weighted by atomic mass is 9.80. The van der Waals surface area contributed by atoms with E-state index in [-0.39, 0.29) is 11.3 Å². The van der Waals surface area contributed by atoms with E-state index in [1.165, 1.54) is 0 Å². The second kappa shape index (κ2) is 14.7. The number of likely N-dealkylation sites (N-methyl/N-ethyl adjacent to an activating group) is 1. The van der Waals surface area contributed by atoms with Crippen molar-refractivity contribution in [1.82, 2.24) is 19.7 Å². The molecule has 0 bridgehead atoms. The number of aliphatic carboxylic acids is 2. The third kappa shape index (κ3) is 10.8. The predicted molar refractivity (Wildman–Crippen MR) is 139 cm³/mol. The Balaban J connectivity index is 0.000000367. The molecule has 0 saturated carbocycles. The van der Waals surface area contributed by atoms with Gasteiger partial charge < -0.3 is 29.7 Å². The molecule has 42 heavy (non-hydrogen) atoms. The molecule has 1 aromatic carbocycles. The minimum atomic E-state index is -5.08. The molecule has 1 aromatic heterocycles. The number of piperidine rings is 1. The van der Waals surface area contributed by atoms with Crippen LogP contribution in [0.3, 0.4) is 0 Å². The largest absolute Gasteiger partial charge is 0.490 e. The Hall–Kier alpha value is -3.37. The van der Waals surface area contributed by atoms with E-state index in [0.717, 1.165) is 81.8 Å². The van der Waals surface area contributed by atoms with Crippen LogP contribution in [-0.2, 0) is 14.3 Å². The summed E-state index contributed by atoms with van der Waals surface area (Å²) in [5.41, 5.74) is 1.90. The number of aromatic nitrogens is 1. The van der Waals surface area contributed by atoms with E-state index in [1.54, 1.807) is 0 Å². The highest BCUT2D eigenvalue weighted by atomic mass is 19.4. The average Bonchev–Trinajstić information content (AvgIpc) is 3.28. The third-order valence-electron chi connectivity index (χ3n) is 6.62. The number of aromatic amines is 1. The first-order valence-corrected chi connectivity index (χ1v) is 12.8. The molecule has 10 nitrogen and oxygen atoms in total. The summed E-state index contributed by atoms with van der Waals surface area (Å²) in [5, 5.41) is 15.3. The van der Waals surface area contributed by atoms with Crippen LogP contribution in [-0.4, -0.2) is 127 Å². The summed E-state index contributed by atoms with van der Waals surface area (Å²) in [6, 6.07) is 7.96. The lowest BCUT2D eigenvalue weighted by Crippen LogP contribution is -2.52. The average molecular weight is 613 g/mol. The third-order valence-corrected chi connectivity index (χ3v) is 6.62. The summed E-state index contributed by atoms with van der Waals surface area (Å²) in [5.74, 6) is -5.37. The number of benzene rings is 1. The Labute approximate surface area is 237 Å². The Morgan fingerprint density at radius 3 is 2.19 bits per heavy atom. The highest BCUT2D eigenvalue weighted by Gasteiger charge is 2.41. The number of rotatable bonds is 4. The lowest BCUT2D eigenvalue weighted by Gasteiger charge is -2.43. The molecule has 1 atom stereocenters. The molecule has 236 valence electrons. The first-order chi connectivity index (χ1) is 19.4. The molecule has 3 heterocycles. The summed E-state index contributed by atoms with van der Waals surface area (Å²) in [6.45, 7) is 7.26. The van der Waals surface area contributed by atoms with E-state index in [4.69, 9.17) is 24.5 Å². The summed E-state index contributed by atoms with van der Waals surface area (Å²) < 4.78 is 69.5. The maximum absolute atomic E-state index is 13.2. The van der Waals surface area contributed by atoms with Crippen molar-refractivity contribution in [1.29, 1.82) is 0 Å². The summed E-state index contributed by atoms with van der Waals surface area (Å²) in [4.78, 5) is 41.0. The van der Waals surface area contributed by atoms with Gasteiger partial charge in [-0.25, -0.2) is 9.59 Å². The molecule has 2 fully saturated rings. The van der Waals surface area contributed by atoms with Gasteiger partial charge in [-0.3, -0.25) is 9.69 Å². The van der Waals surface area contributed by atoms with Crippen molar-refractivity contribution in [2.45, 2.75) is 25.2 Å². The number of nitrogens with zero attached hydrogens (tertiary/aromatic N) is 3. The number of halogens is 6. The van der Waals surface area contributed by atoms with Gasteiger partial charge in [0.25, 0.3) is 5.91 Å². The van der Waals surface area contributed by atoms with Gasteiger partial charge in [0.15, 0.2) is 0 Å². The van der Waals surface area contributed by atoms with E-state index in [2.05, 4.69) is 33.8 Å². The number of alkyl halides is 6. The Bertz CT molecular complexity index is 1180. The minimum Gasteiger partial charge on any atom is -0.475 e. The number of carboxylic acids is 2. The number of amides is 1. The molecular weight excluding hydrogens is 578 g/mol. The molecule has 2 aromatic rings. The van der Waals surface area contributed by atoms with Gasteiger partial charge in [-0.15, -0.1) is 0 Å². The highest BCUT2D eigenvalue weighted by molar-refractivity contribution is 5.98. The number of carbonyl (C=O) groups is 3. The number of nitrogens with one attached hydrogen (secondary N) is 1. The Morgan fingerprint density at radius 2 is 1.62 bits per heavy atom. The fraction of sp³-hybridized carbons (Fsp3) is 0.577. The second-order valence-corrected chi connectivity index (χ2v) is 10.3. The zero-order valence-electron chi connectivity index (χ0n) is 23.1. The molecule has 1 spiro atoms. The van der Waals surface area contributed by atoms with E-state index >= 15 is 0 Å².